The number of fused-ring (bicyclic) bond motifs is 1. The molecule has 2 heterocycles. The van der Waals surface area contributed by atoms with Crippen LogP contribution in [0.3, 0.4) is 0 Å². The van der Waals surface area contributed by atoms with Gasteiger partial charge >= 0.3 is 0 Å². The Kier molecular flexibility index (Phi) is 4.65. The number of hydrogen-bond acceptors (Lipinski definition) is 4. The van der Waals surface area contributed by atoms with E-state index in [1.807, 2.05) is 18.4 Å². The van der Waals surface area contributed by atoms with Crippen molar-refractivity contribution in [1.29, 1.82) is 0 Å². The van der Waals surface area contributed by atoms with E-state index in [9.17, 15) is 4.39 Å². The van der Waals surface area contributed by atoms with E-state index in [1.54, 1.807) is 37.4 Å². The Balaban J connectivity index is 1.89. The van der Waals surface area contributed by atoms with Gasteiger partial charge in [-0.05, 0) is 61.9 Å². The topological polar surface area (TPSA) is 52.0 Å². The minimum Gasteiger partial charge on any atom is -0.495 e. The van der Waals surface area contributed by atoms with Crippen LogP contribution in [0.25, 0.3) is 16.7 Å². The third kappa shape index (κ3) is 3.05. The molecule has 2 aromatic carbocycles. The molecular weight excluding hydrogens is 379 g/mol. The summed E-state index contributed by atoms with van der Waals surface area (Å²) in [5.41, 5.74) is 4.32. The molecule has 142 valence electrons. The third-order valence-corrected chi connectivity index (χ3v) is 5.03. The Hall–Kier alpha value is -3.12. The van der Waals surface area contributed by atoms with Crippen LogP contribution in [0.4, 0.5) is 15.9 Å². The highest BCUT2D eigenvalue weighted by molar-refractivity contribution is 6.31. The van der Waals surface area contributed by atoms with Crippen LogP contribution in [0.1, 0.15) is 11.3 Å². The second-order valence-electron chi connectivity index (χ2n) is 6.41. The number of anilines is 2. The Morgan fingerprint density at radius 2 is 1.82 bits per heavy atom. The molecule has 0 saturated carbocycles. The van der Waals surface area contributed by atoms with Crippen molar-refractivity contribution in [3.05, 3.63) is 70.9 Å². The molecular formula is C21H18ClFN4O. The molecule has 4 rings (SSSR count). The first-order valence-electron chi connectivity index (χ1n) is 8.68. The van der Waals surface area contributed by atoms with E-state index in [-0.39, 0.29) is 5.82 Å². The molecule has 0 radical (unpaired) electrons. The number of aryl methyl sites for hydroxylation is 1. The molecule has 4 aromatic rings. The van der Waals surface area contributed by atoms with Crippen molar-refractivity contribution < 1.29 is 9.13 Å². The van der Waals surface area contributed by atoms with E-state index in [0.29, 0.717) is 22.3 Å². The van der Waals surface area contributed by atoms with Crippen LogP contribution in [0.2, 0.25) is 5.02 Å². The lowest BCUT2D eigenvalue weighted by atomic mass is 10.2. The first-order chi connectivity index (χ1) is 13.5. The van der Waals surface area contributed by atoms with Gasteiger partial charge in [-0.15, -0.1) is 0 Å². The predicted octanol–water partition coefficient (Wildman–Crippen LogP) is 5.58. The van der Waals surface area contributed by atoms with Gasteiger partial charge in [-0.1, -0.05) is 11.6 Å². The number of nitrogens with zero attached hydrogens (tertiary/aromatic N) is 3. The second kappa shape index (κ2) is 7.13. The lowest BCUT2D eigenvalue weighted by molar-refractivity contribution is 0.417. The fourth-order valence-corrected chi connectivity index (χ4v) is 3.48. The molecule has 0 aliphatic carbocycles. The van der Waals surface area contributed by atoms with E-state index in [1.165, 1.54) is 18.5 Å². The molecule has 5 nitrogen and oxygen atoms in total. The smallest absolute Gasteiger partial charge is 0.150 e. The molecule has 28 heavy (non-hydrogen) atoms. The highest BCUT2D eigenvalue weighted by atomic mass is 35.5. The normalized spacial score (nSPS) is 11.0. The van der Waals surface area contributed by atoms with Crippen LogP contribution in [0.15, 0.2) is 48.8 Å². The summed E-state index contributed by atoms with van der Waals surface area (Å²) in [6, 6.07) is 11.7. The molecule has 0 fully saturated rings. The Morgan fingerprint density at radius 3 is 2.54 bits per heavy atom. The summed E-state index contributed by atoms with van der Waals surface area (Å²) in [7, 11) is 1.60. The van der Waals surface area contributed by atoms with Crippen LogP contribution in [-0.2, 0) is 0 Å². The lowest BCUT2D eigenvalue weighted by Gasteiger charge is -2.12. The molecule has 7 heteroatoms. The first kappa shape index (κ1) is 18.3. The average Bonchev–Trinajstić information content (AvgIpc) is 2.94. The van der Waals surface area contributed by atoms with Gasteiger partial charge in [0.05, 0.1) is 18.2 Å². The highest BCUT2D eigenvalue weighted by Gasteiger charge is 2.18. The number of benzene rings is 2. The van der Waals surface area contributed by atoms with Gasteiger partial charge in [0.25, 0.3) is 0 Å². The minimum atomic E-state index is -0.278. The maximum atomic E-state index is 13.4. The van der Waals surface area contributed by atoms with Crippen molar-refractivity contribution in [2.24, 2.45) is 0 Å². The number of rotatable bonds is 4. The number of halogens is 2. The number of methoxy groups -OCH3 is 1. The van der Waals surface area contributed by atoms with Crippen LogP contribution in [0.5, 0.6) is 5.75 Å². The zero-order valence-electron chi connectivity index (χ0n) is 15.6. The lowest BCUT2D eigenvalue weighted by Crippen LogP contribution is -2.00. The Labute approximate surface area is 166 Å². The van der Waals surface area contributed by atoms with Gasteiger partial charge in [-0.3, -0.25) is 4.57 Å². The van der Waals surface area contributed by atoms with Crippen LogP contribution >= 0.6 is 11.6 Å². The van der Waals surface area contributed by atoms with Gasteiger partial charge < -0.3 is 10.1 Å². The minimum absolute atomic E-state index is 0.278. The molecule has 0 saturated heterocycles. The number of ether oxygens (including phenoxy) is 1. The molecule has 0 atom stereocenters. The van der Waals surface area contributed by atoms with Crippen molar-refractivity contribution in [2.45, 2.75) is 13.8 Å². The van der Waals surface area contributed by atoms with E-state index in [4.69, 9.17) is 16.3 Å². The van der Waals surface area contributed by atoms with Gasteiger partial charge in [0.15, 0.2) is 5.65 Å². The highest BCUT2D eigenvalue weighted by Crippen LogP contribution is 2.35. The van der Waals surface area contributed by atoms with Crippen molar-refractivity contribution >= 4 is 34.1 Å². The van der Waals surface area contributed by atoms with E-state index < -0.39 is 0 Å². The summed E-state index contributed by atoms with van der Waals surface area (Å²) in [4.78, 5) is 8.92. The van der Waals surface area contributed by atoms with Gasteiger partial charge in [-0.25, -0.2) is 14.4 Å². The SMILES string of the molecule is COc1ccc(Cl)cc1Nc1ncnc2c1c(C)c(C)n2-c1ccc(F)cc1. The summed E-state index contributed by atoms with van der Waals surface area (Å²) in [6.07, 6.45) is 1.50. The van der Waals surface area contributed by atoms with Gasteiger partial charge in [0.1, 0.15) is 23.7 Å². The summed E-state index contributed by atoms with van der Waals surface area (Å²) < 4.78 is 20.8. The monoisotopic (exact) mass is 396 g/mol. The molecule has 0 bridgehead atoms. The molecule has 0 aliphatic rings. The maximum Gasteiger partial charge on any atom is 0.150 e. The first-order valence-corrected chi connectivity index (χ1v) is 9.06. The summed E-state index contributed by atoms with van der Waals surface area (Å²) in [6.45, 7) is 4.02. The summed E-state index contributed by atoms with van der Waals surface area (Å²) in [5.74, 6) is 1.02. The average molecular weight is 397 g/mol. The quantitative estimate of drug-likeness (QED) is 0.489. The van der Waals surface area contributed by atoms with E-state index in [0.717, 1.165) is 28.0 Å². The second-order valence-corrected chi connectivity index (χ2v) is 6.85. The van der Waals surface area contributed by atoms with Crippen molar-refractivity contribution in [1.82, 2.24) is 14.5 Å². The van der Waals surface area contributed by atoms with Crippen molar-refractivity contribution in [3.8, 4) is 11.4 Å². The van der Waals surface area contributed by atoms with Crippen molar-refractivity contribution in [3.63, 3.8) is 0 Å². The summed E-state index contributed by atoms with van der Waals surface area (Å²) in [5, 5.41) is 4.78. The van der Waals surface area contributed by atoms with E-state index in [2.05, 4.69) is 15.3 Å². The summed E-state index contributed by atoms with van der Waals surface area (Å²) >= 11 is 6.15. The van der Waals surface area contributed by atoms with E-state index >= 15 is 0 Å². The van der Waals surface area contributed by atoms with Gasteiger partial charge in [0, 0.05) is 16.4 Å². The predicted molar refractivity (Wildman–Crippen MR) is 110 cm³/mol. The van der Waals surface area contributed by atoms with Crippen LogP contribution in [0, 0.1) is 19.7 Å². The fourth-order valence-electron chi connectivity index (χ4n) is 3.30. The number of hydrogen-bond donors (Lipinski definition) is 1. The molecule has 1 N–H and O–H groups in total. The molecule has 0 spiro atoms. The largest absolute Gasteiger partial charge is 0.495 e. The standard InChI is InChI=1S/C21H18ClFN4O/c1-12-13(2)27(16-7-5-15(23)6-8-16)21-19(12)20(24-11-25-21)26-17-10-14(22)4-9-18(17)28-3/h4-11H,1-3H3,(H,24,25,26). The third-order valence-electron chi connectivity index (χ3n) is 4.79. The van der Waals surface area contributed by atoms with Crippen LogP contribution in [-0.4, -0.2) is 21.6 Å². The molecule has 2 aromatic heterocycles. The van der Waals surface area contributed by atoms with Crippen molar-refractivity contribution in [2.75, 3.05) is 12.4 Å². The maximum absolute atomic E-state index is 13.4. The van der Waals surface area contributed by atoms with Gasteiger partial charge in [-0.2, -0.15) is 0 Å². The Bertz CT molecular complexity index is 1170. The zero-order valence-corrected chi connectivity index (χ0v) is 16.4. The molecule has 0 amide bonds. The number of aromatic nitrogens is 3. The fraction of sp³-hybridized carbons (Fsp3) is 0.143. The van der Waals surface area contributed by atoms with Gasteiger partial charge in [0.2, 0.25) is 0 Å². The molecule has 0 aliphatic heterocycles. The number of nitrogens with one attached hydrogen (secondary N) is 1. The Morgan fingerprint density at radius 1 is 1.07 bits per heavy atom. The molecule has 0 unspecified atom stereocenters. The zero-order chi connectivity index (χ0) is 19.8. The van der Waals surface area contributed by atoms with Crippen LogP contribution < -0.4 is 10.1 Å².